The van der Waals surface area contributed by atoms with Crippen molar-refractivity contribution in [1.29, 1.82) is 0 Å². The van der Waals surface area contributed by atoms with Crippen LogP contribution in [0.1, 0.15) is 31.2 Å². The summed E-state index contributed by atoms with van der Waals surface area (Å²) in [4.78, 5) is 5.26. The first-order valence-electron chi connectivity index (χ1n) is 14.0. The molecule has 0 unspecified atom stereocenters. The van der Waals surface area contributed by atoms with Crippen molar-refractivity contribution >= 4 is 11.0 Å². The van der Waals surface area contributed by atoms with Gasteiger partial charge in [-0.1, -0.05) is 123 Å². The van der Waals surface area contributed by atoms with Crippen molar-refractivity contribution < 1.29 is 0 Å². The molecule has 3 aromatic heterocycles. The van der Waals surface area contributed by atoms with Crippen LogP contribution in [0.25, 0.3) is 56.1 Å². The van der Waals surface area contributed by atoms with E-state index in [0.29, 0.717) is 12.4 Å². The van der Waals surface area contributed by atoms with Gasteiger partial charge in [0.25, 0.3) is 0 Å². The normalized spacial score (nSPS) is 11.4. The van der Waals surface area contributed by atoms with Gasteiger partial charge in [0, 0.05) is 22.6 Å². The first-order chi connectivity index (χ1) is 20.7. The topological polar surface area (TPSA) is 98.1 Å². The van der Waals surface area contributed by atoms with Gasteiger partial charge in [0.05, 0.1) is 12.1 Å². The summed E-state index contributed by atoms with van der Waals surface area (Å²) in [6.45, 7) is 4.96. The first kappa shape index (κ1) is 25.5. The molecule has 0 bridgehead atoms. The molecule has 204 valence electrons. The van der Waals surface area contributed by atoms with Crippen LogP contribution in [0.15, 0.2) is 109 Å². The van der Waals surface area contributed by atoms with Crippen LogP contribution in [0.2, 0.25) is 0 Å². The zero-order chi connectivity index (χ0) is 28.5. The van der Waals surface area contributed by atoms with E-state index in [1.54, 1.807) is 0 Å². The van der Waals surface area contributed by atoms with Crippen LogP contribution < -0.4 is 0 Å². The number of hydrogen-bond donors (Lipinski definition) is 1. The minimum atomic E-state index is 0.170. The van der Waals surface area contributed by atoms with Gasteiger partial charge in [-0.05, 0) is 21.9 Å². The van der Waals surface area contributed by atoms with Crippen LogP contribution in [0, 0.1) is 0 Å². The molecule has 8 heteroatoms. The number of aromatic nitrogens is 8. The van der Waals surface area contributed by atoms with E-state index in [9.17, 15) is 0 Å². The number of fused-ring (bicyclic) bond motifs is 1. The number of nitrogens with zero attached hydrogens (tertiary/aromatic N) is 7. The lowest BCUT2D eigenvalue weighted by Gasteiger charge is -2.17. The zero-order valence-electron chi connectivity index (χ0n) is 23.3. The molecule has 0 atom stereocenters. The van der Waals surface area contributed by atoms with Crippen molar-refractivity contribution in [3.63, 3.8) is 0 Å². The highest BCUT2D eigenvalue weighted by atomic mass is 15.5. The Morgan fingerprint density at radius 3 is 1.90 bits per heavy atom. The number of imidazole rings is 1. The second kappa shape index (κ2) is 10.8. The molecule has 0 fully saturated rings. The molecule has 7 rings (SSSR count). The molecule has 0 amide bonds. The predicted molar refractivity (Wildman–Crippen MR) is 164 cm³/mol. The third kappa shape index (κ3) is 4.53. The molecular weight excluding hydrogens is 520 g/mol. The van der Waals surface area contributed by atoms with Crippen molar-refractivity contribution in [2.75, 3.05) is 0 Å². The fourth-order valence-electron chi connectivity index (χ4n) is 5.53. The van der Waals surface area contributed by atoms with Crippen molar-refractivity contribution in [3.05, 3.63) is 121 Å². The molecule has 0 radical (unpaired) electrons. The Morgan fingerprint density at radius 2 is 1.24 bits per heavy atom. The van der Waals surface area contributed by atoms with Gasteiger partial charge in [0.1, 0.15) is 22.7 Å². The van der Waals surface area contributed by atoms with Crippen LogP contribution in [-0.2, 0) is 6.54 Å². The fourth-order valence-corrected chi connectivity index (χ4v) is 5.53. The zero-order valence-corrected chi connectivity index (χ0v) is 23.3. The Morgan fingerprint density at radius 1 is 0.643 bits per heavy atom. The molecule has 0 spiro atoms. The highest BCUT2D eigenvalue weighted by Crippen LogP contribution is 2.37. The summed E-state index contributed by atoms with van der Waals surface area (Å²) in [5, 5.41) is 24.4. The largest absolute Gasteiger partial charge is 0.321 e. The molecule has 4 aromatic carbocycles. The Bertz CT molecular complexity index is 1980. The molecule has 8 nitrogen and oxygen atoms in total. The Kier molecular flexibility index (Phi) is 6.56. The van der Waals surface area contributed by atoms with Gasteiger partial charge in [0.2, 0.25) is 5.82 Å². The van der Waals surface area contributed by atoms with Crippen LogP contribution in [0.5, 0.6) is 0 Å². The average molecular weight is 549 g/mol. The Hall–Kier alpha value is -5.50. The van der Waals surface area contributed by atoms with E-state index in [1.807, 2.05) is 54.6 Å². The van der Waals surface area contributed by atoms with Gasteiger partial charge in [-0.25, -0.2) is 4.98 Å². The van der Waals surface area contributed by atoms with E-state index >= 15 is 0 Å². The smallest absolute Gasteiger partial charge is 0.205 e. The van der Waals surface area contributed by atoms with Gasteiger partial charge in [-0.3, -0.25) is 0 Å². The standard InChI is InChI=1S/C34H28N8/c1-22(2)34-35-31-29(23-13-5-3-6-14-23)36-37-30(24-15-7-4-8-16-24)32(31)42(34)21-25-17-9-10-18-26(25)27-19-11-12-20-28(27)33-38-40-41-39-33/h3-20,22H,21H2,1-2H3,(H,38,39,40,41). The van der Waals surface area contributed by atoms with Gasteiger partial charge in [-0.15, -0.1) is 20.4 Å². The predicted octanol–water partition coefficient (Wildman–Crippen LogP) is 7.18. The van der Waals surface area contributed by atoms with Crippen molar-refractivity contribution in [2.24, 2.45) is 0 Å². The summed E-state index contributed by atoms with van der Waals surface area (Å²) in [7, 11) is 0. The van der Waals surface area contributed by atoms with E-state index in [2.05, 4.69) is 93.6 Å². The van der Waals surface area contributed by atoms with Gasteiger partial charge in [0.15, 0.2) is 0 Å². The molecule has 7 aromatic rings. The van der Waals surface area contributed by atoms with E-state index in [1.165, 1.54) is 0 Å². The molecule has 0 saturated heterocycles. The molecule has 0 aliphatic heterocycles. The Balaban J connectivity index is 1.47. The van der Waals surface area contributed by atoms with Gasteiger partial charge >= 0.3 is 0 Å². The van der Waals surface area contributed by atoms with E-state index in [0.717, 1.165) is 61.6 Å². The SMILES string of the molecule is CC(C)c1nc2c(-c3ccccc3)nnc(-c3ccccc3)c2n1Cc1ccccc1-c1ccccc1-c1nn[nH]n1. The molecule has 42 heavy (non-hydrogen) atoms. The van der Waals surface area contributed by atoms with Crippen molar-refractivity contribution in [2.45, 2.75) is 26.3 Å². The third-order valence-electron chi connectivity index (χ3n) is 7.46. The van der Waals surface area contributed by atoms with E-state index in [-0.39, 0.29) is 5.92 Å². The lowest BCUT2D eigenvalue weighted by Crippen LogP contribution is -2.09. The molecule has 3 heterocycles. The number of H-pyrrole nitrogens is 1. The van der Waals surface area contributed by atoms with Crippen LogP contribution in [-0.4, -0.2) is 40.4 Å². The number of nitrogens with one attached hydrogen (secondary N) is 1. The molecule has 0 aliphatic rings. The highest BCUT2D eigenvalue weighted by molar-refractivity contribution is 5.98. The average Bonchev–Trinajstić information content (AvgIpc) is 3.71. The van der Waals surface area contributed by atoms with Crippen LogP contribution in [0.3, 0.4) is 0 Å². The molecule has 0 aliphatic carbocycles. The molecular formula is C34H28N8. The van der Waals surface area contributed by atoms with Crippen LogP contribution >= 0.6 is 0 Å². The number of benzene rings is 4. The monoisotopic (exact) mass is 548 g/mol. The summed E-state index contributed by atoms with van der Waals surface area (Å²) in [5.74, 6) is 1.71. The lowest BCUT2D eigenvalue weighted by molar-refractivity contribution is 0.684. The summed E-state index contributed by atoms with van der Waals surface area (Å²) in [5.41, 5.74) is 9.61. The minimum absolute atomic E-state index is 0.170. The van der Waals surface area contributed by atoms with Crippen molar-refractivity contribution in [3.8, 4) is 45.0 Å². The number of hydrogen-bond acceptors (Lipinski definition) is 6. The maximum atomic E-state index is 5.26. The summed E-state index contributed by atoms with van der Waals surface area (Å²) < 4.78 is 2.32. The number of rotatable bonds is 7. The van der Waals surface area contributed by atoms with E-state index < -0.39 is 0 Å². The maximum Gasteiger partial charge on any atom is 0.205 e. The minimum Gasteiger partial charge on any atom is -0.321 e. The number of tetrazole rings is 1. The number of aromatic amines is 1. The summed E-state index contributed by atoms with van der Waals surface area (Å²) in [6, 6.07) is 37.0. The molecule has 0 saturated carbocycles. The maximum absolute atomic E-state index is 5.26. The highest BCUT2D eigenvalue weighted by Gasteiger charge is 2.24. The third-order valence-corrected chi connectivity index (χ3v) is 7.46. The van der Waals surface area contributed by atoms with Gasteiger partial charge in [-0.2, -0.15) is 5.21 Å². The first-order valence-corrected chi connectivity index (χ1v) is 14.0. The van der Waals surface area contributed by atoms with Gasteiger partial charge < -0.3 is 4.57 Å². The second-order valence-electron chi connectivity index (χ2n) is 10.5. The quantitative estimate of drug-likeness (QED) is 0.227. The van der Waals surface area contributed by atoms with E-state index in [4.69, 9.17) is 15.2 Å². The second-order valence-corrected chi connectivity index (χ2v) is 10.5. The Labute approximate surface area is 243 Å². The fraction of sp³-hybridized carbons (Fsp3) is 0.118. The molecule has 1 N–H and O–H groups in total. The lowest BCUT2D eigenvalue weighted by atomic mass is 9.95. The van der Waals surface area contributed by atoms with Crippen molar-refractivity contribution in [1.82, 2.24) is 40.4 Å². The summed E-state index contributed by atoms with van der Waals surface area (Å²) in [6.07, 6.45) is 0. The van der Waals surface area contributed by atoms with Crippen LogP contribution in [0.4, 0.5) is 0 Å². The summed E-state index contributed by atoms with van der Waals surface area (Å²) >= 11 is 0.